The van der Waals surface area contributed by atoms with E-state index in [1.165, 1.54) is 18.4 Å². The maximum Gasteiger partial charge on any atom is 0.0930 e. The summed E-state index contributed by atoms with van der Waals surface area (Å²) < 4.78 is 0. The minimum absolute atomic E-state index is 0.327. The van der Waals surface area contributed by atoms with Gasteiger partial charge >= 0.3 is 0 Å². The summed E-state index contributed by atoms with van der Waals surface area (Å²) in [6.07, 6.45) is 5.86. The third-order valence-electron chi connectivity index (χ3n) is 3.39. The summed E-state index contributed by atoms with van der Waals surface area (Å²) in [6.45, 7) is 4.36. The van der Waals surface area contributed by atoms with E-state index in [1.807, 2.05) is 0 Å². The first kappa shape index (κ1) is 14.2. The molecule has 1 heteroatoms. The molecule has 2 atom stereocenters. The molecule has 0 aliphatic rings. The molecular weight excluding hydrogens is 208 g/mol. The van der Waals surface area contributed by atoms with Crippen molar-refractivity contribution in [2.75, 3.05) is 0 Å². The van der Waals surface area contributed by atoms with Gasteiger partial charge in [0.2, 0.25) is 0 Å². The van der Waals surface area contributed by atoms with Crippen molar-refractivity contribution < 1.29 is 5.11 Å². The summed E-state index contributed by atoms with van der Waals surface area (Å²) in [5.41, 5.74) is 1.42. The number of benzene rings is 1. The van der Waals surface area contributed by atoms with E-state index >= 15 is 0 Å². The lowest BCUT2D eigenvalue weighted by atomic mass is 9.94. The second-order valence-electron chi connectivity index (χ2n) is 5.01. The van der Waals surface area contributed by atoms with Crippen LogP contribution in [0.25, 0.3) is 0 Å². The highest BCUT2D eigenvalue weighted by Gasteiger charge is 2.07. The molecule has 0 saturated heterocycles. The van der Waals surface area contributed by atoms with Crippen LogP contribution in [-0.2, 0) is 5.11 Å². The zero-order chi connectivity index (χ0) is 12.5. The molecule has 1 nitrogen and oxygen atoms in total. The fraction of sp³-hybridized carbons (Fsp3) is 0.625. The molecule has 0 aromatic heterocycles. The molecule has 1 aromatic rings. The molecule has 0 N–H and O–H groups in total. The van der Waals surface area contributed by atoms with E-state index in [2.05, 4.69) is 44.2 Å². The Kier molecular flexibility index (Phi) is 6.95. The zero-order valence-electron chi connectivity index (χ0n) is 11.2. The molecule has 0 fully saturated rings. The van der Waals surface area contributed by atoms with Gasteiger partial charge in [-0.1, -0.05) is 63.4 Å². The van der Waals surface area contributed by atoms with Gasteiger partial charge in [-0.15, -0.1) is 0 Å². The van der Waals surface area contributed by atoms with Crippen molar-refractivity contribution in [3.05, 3.63) is 35.9 Å². The Labute approximate surface area is 106 Å². The van der Waals surface area contributed by atoms with Gasteiger partial charge in [-0.3, -0.25) is 0 Å². The molecule has 0 aliphatic heterocycles. The van der Waals surface area contributed by atoms with Crippen LogP contribution in [-0.4, -0.2) is 6.10 Å². The number of hydrogen-bond donors (Lipinski definition) is 0. The van der Waals surface area contributed by atoms with E-state index < -0.39 is 0 Å². The first-order valence-corrected chi connectivity index (χ1v) is 6.94. The van der Waals surface area contributed by atoms with Crippen molar-refractivity contribution in [3.63, 3.8) is 0 Å². The quantitative estimate of drug-likeness (QED) is 0.566. The van der Waals surface area contributed by atoms with Crippen LogP contribution in [0.3, 0.4) is 0 Å². The van der Waals surface area contributed by atoms with Crippen molar-refractivity contribution >= 4 is 0 Å². The number of rotatable bonds is 8. The van der Waals surface area contributed by atoms with Crippen LogP contribution in [0.15, 0.2) is 30.3 Å². The van der Waals surface area contributed by atoms with Crippen LogP contribution >= 0.6 is 0 Å². The van der Waals surface area contributed by atoms with E-state index in [9.17, 15) is 5.11 Å². The van der Waals surface area contributed by atoms with Gasteiger partial charge in [0.1, 0.15) is 0 Å². The summed E-state index contributed by atoms with van der Waals surface area (Å²) in [5.74, 6) is 0.618. The van der Waals surface area contributed by atoms with Gasteiger partial charge in [0, 0.05) is 0 Å². The van der Waals surface area contributed by atoms with Crippen molar-refractivity contribution in [2.45, 2.75) is 64.4 Å². The molecule has 0 bridgehead atoms. The van der Waals surface area contributed by atoms with E-state index in [0.29, 0.717) is 5.92 Å². The lowest BCUT2D eigenvalue weighted by Gasteiger charge is -2.12. The summed E-state index contributed by atoms with van der Waals surface area (Å²) in [5, 5.41) is 11.4. The summed E-state index contributed by atoms with van der Waals surface area (Å²) in [4.78, 5) is 0. The second kappa shape index (κ2) is 8.30. The summed E-state index contributed by atoms with van der Waals surface area (Å²) in [6, 6.07) is 10.6. The highest BCUT2D eigenvalue weighted by atomic mass is 16.3. The molecule has 1 radical (unpaired) electrons. The Morgan fingerprint density at radius 3 is 2.29 bits per heavy atom. The third kappa shape index (κ3) is 5.88. The monoisotopic (exact) mass is 233 g/mol. The molecule has 0 spiro atoms. The molecular formula is C16H25O. The summed E-state index contributed by atoms with van der Waals surface area (Å²) in [7, 11) is 0. The molecule has 0 aliphatic carbocycles. The molecule has 1 rings (SSSR count). The molecule has 0 heterocycles. The fourth-order valence-electron chi connectivity index (χ4n) is 2.24. The minimum Gasteiger partial charge on any atom is -0.233 e. The topological polar surface area (TPSA) is 19.9 Å². The van der Waals surface area contributed by atoms with Crippen LogP contribution in [0.2, 0.25) is 0 Å². The Morgan fingerprint density at radius 2 is 1.65 bits per heavy atom. The Balaban J connectivity index is 2.14. The highest BCUT2D eigenvalue weighted by molar-refractivity contribution is 5.18. The fourth-order valence-corrected chi connectivity index (χ4v) is 2.24. The van der Waals surface area contributed by atoms with Gasteiger partial charge in [-0.2, -0.15) is 0 Å². The van der Waals surface area contributed by atoms with Crippen molar-refractivity contribution in [3.8, 4) is 0 Å². The van der Waals surface area contributed by atoms with Gasteiger partial charge in [-0.05, 0) is 30.7 Å². The first-order chi connectivity index (χ1) is 8.24. The summed E-state index contributed by atoms with van der Waals surface area (Å²) >= 11 is 0. The molecule has 0 amide bonds. The zero-order valence-corrected chi connectivity index (χ0v) is 11.2. The highest BCUT2D eigenvalue weighted by Crippen LogP contribution is 2.21. The lowest BCUT2D eigenvalue weighted by molar-refractivity contribution is 0.0706. The molecule has 0 saturated carbocycles. The van der Waals surface area contributed by atoms with Gasteiger partial charge in [0.05, 0.1) is 6.10 Å². The SMILES string of the molecule is CCCC([O])CCCCC(C)c1ccccc1. The number of hydrogen-bond acceptors (Lipinski definition) is 0. The third-order valence-corrected chi connectivity index (χ3v) is 3.39. The van der Waals surface area contributed by atoms with Gasteiger partial charge in [0.15, 0.2) is 0 Å². The van der Waals surface area contributed by atoms with Crippen LogP contribution < -0.4 is 0 Å². The number of unbranched alkanes of at least 4 members (excludes halogenated alkanes) is 1. The molecule has 1 aromatic carbocycles. The van der Waals surface area contributed by atoms with Crippen LogP contribution in [0.5, 0.6) is 0 Å². The first-order valence-electron chi connectivity index (χ1n) is 6.94. The van der Waals surface area contributed by atoms with Gasteiger partial charge in [0.25, 0.3) is 0 Å². The Bertz CT molecular complexity index is 281. The largest absolute Gasteiger partial charge is 0.233 e. The van der Waals surface area contributed by atoms with Crippen molar-refractivity contribution in [1.82, 2.24) is 0 Å². The second-order valence-corrected chi connectivity index (χ2v) is 5.01. The van der Waals surface area contributed by atoms with E-state index in [0.717, 1.165) is 25.7 Å². The predicted octanol–water partition coefficient (Wildman–Crippen LogP) is 4.95. The standard InChI is InChI=1S/C16H25O/c1-3-9-16(17)13-8-7-10-14(2)15-11-5-4-6-12-15/h4-6,11-12,14,16H,3,7-10,13H2,1-2H3. The average molecular weight is 233 g/mol. The molecule has 95 valence electrons. The van der Waals surface area contributed by atoms with Crippen LogP contribution in [0.4, 0.5) is 0 Å². The maximum atomic E-state index is 11.4. The maximum absolute atomic E-state index is 11.4. The Morgan fingerprint density at radius 1 is 1.00 bits per heavy atom. The van der Waals surface area contributed by atoms with Crippen LogP contribution in [0, 0.1) is 0 Å². The smallest absolute Gasteiger partial charge is 0.0930 e. The van der Waals surface area contributed by atoms with E-state index in [-0.39, 0.29) is 6.10 Å². The minimum atomic E-state index is -0.327. The van der Waals surface area contributed by atoms with E-state index in [4.69, 9.17) is 0 Å². The lowest BCUT2D eigenvalue weighted by Crippen LogP contribution is -2.03. The predicted molar refractivity (Wildman–Crippen MR) is 72.7 cm³/mol. The average Bonchev–Trinajstić information content (AvgIpc) is 2.36. The van der Waals surface area contributed by atoms with Crippen molar-refractivity contribution in [2.24, 2.45) is 0 Å². The van der Waals surface area contributed by atoms with Crippen LogP contribution in [0.1, 0.15) is 63.9 Å². The van der Waals surface area contributed by atoms with Gasteiger partial charge < -0.3 is 0 Å². The van der Waals surface area contributed by atoms with Crippen molar-refractivity contribution in [1.29, 1.82) is 0 Å². The Hall–Kier alpha value is -0.820. The van der Waals surface area contributed by atoms with E-state index in [1.54, 1.807) is 0 Å². The molecule has 2 unspecified atom stereocenters. The normalized spacial score (nSPS) is 14.5. The van der Waals surface area contributed by atoms with Gasteiger partial charge in [-0.25, -0.2) is 5.11 Å². The molecule has 17 heavy (non-hydrogen) atoms.